The SMILES string of the molecule is N#Cc1c(N)n[nH]c1-c1ccco1. The third-order valence-corrected chi connectivity index (χ3v) is 1.67. The van der Waals surface area contributed by atoms with Crippen LogP contribution in [-0.4, -0.2) is 10.2 Å². The largest absolute Gasteiger partial charge is 0.463 e. The van der Waals surface area contributed by atoms with Crippen molar-refractivity contribution in [3.8, 4) is 17.5 Å². The first kappa shape index (κ1) is 7.43. The lowest BCUT2D eigenvalue weighted by atomic mass is 10.2. The van der Waals surface area contributed by atoms with Crippen LogP contribution in [0.2, 0.25) is 0 Å². The minimum Gasteiger partial charge on any atom is -0.463 e. The number of nitriles is 1. The Morgan fingerprint density at radius 1 is 1.62 bits per heavy atom. The van der Waals surface area contributed by atoms with E-state index in [0.717, 1.165) is 0 Å². The summed E-state index contributed by atoms with van der Waals surface area (Å²) in [5, 5.41) is 15.1. The fraction of sp³-hybridized carbons (Fsp3) is 0. The van der Waals surface area contributed by atoms with Crippen molar-refractivity contribution in [3.63, 3.8) is 0 Å². The van der Waals surface area contributed by atoms with Crippen LogP contribution >= 0.6 is 0 Å². The molecule has 64 valence electrons. The van der Waals surface area contributed by atoms with Crippen LogP contribution in [0.3, 0.4) is 0 Å². The number of rotatable bonds is 1. The third kappa shape index (κ3) is 1.05. The molecule has 0 saturated carbocycles. The third-order valence-electron chi connectivity index (χ3n) is 1.67. The van der Waals surface area contributed by atoms with Crippen LogP contribution in [0.15, 0.2) is 22.8 Å². The fourth-order valence-corrected chi connectivity index (χ4v) is 1.07. The van der Waals surface area contributed by atoms with Crippen molar-refractivity contribution in [2.45, 2.75) is 0 Å². The van der Waals surface area contributed by atoms with Crippen LogP contribution in [0.4, 0.5) is 5.82 Å². The molecule has 2 rings (SSSR count). The van der Waals surface area contributed by atoms with E-state index in [2.05, 4.69) is 10.2 Å². The standard InChI is InChI=1S/C8H6N4O/c9-4-5-7(11-12-8(5)10)6-2-1-3-13-6/h1-3H,(H3,10,11,12). The molecular weight excluding hydrogens is 168 g/mol. The van der Waals surface area contributed by atoms with Gasteiger partial charge in [-0.05, 0) is 12.1 Å². The zero-order valence-corrected chi connectivity index (χ0v) is 6.61. The summed E-state index contributed by atoms with van der Waals surface area (Å²) in [5.74, 6) is 0.745. The molecule has 2 aromatic heterocycles. The second-order valence-corrected chi connectivity index (χ2v) is 2.45. The van der Waals surface area contributed by atoms with Gasteiger partial charge in [0.2, 0.25) is 0 Å². The predicted octanol–water partition coefficient (Wildman–Crippen LogP) is 1.12. The number of nitrogens with zero attached hydrogens (tertiary/aromatic N) is 2. The molecule has 2 aromatic rings. The van der Waals surface area contributed by atoms with Crippen molar-refractivity contribution in [1.29, 1.82) is 5.26 Å². The number of anilines is 1. The summed E-state index contributed by atoms with van der Waals surface area (Å²) < 4.78 is 5.10. The molecule has 0 radical (unpaired) electrons. The maximum absolute atomic E-state index is 8.76. The Bertz CT molecular complexity index is 449. The zero-order chi connectivity index (χ0) is 9.26. The van der Waals surface area contributed by atoms with E-state index < -0.39 is 0 Å². The zero-order valence-electron chi connectivity index (χ0n) is 6.61. The van der Waals surface area contributed by atoms with Crippen LogP contribution in [0.5, 0.6) is 0 Å². The van der Waals surface area contributed by atoms with Gasteiger partial charge in [-0.3, -0.25) is 5.10 Å². The van der Waals surface area contributed by atoms with Gasteiger partial charge in [0.15, 0.2) is 11.6 Å². The number of hydrogen-bond donors (Lipinski definition) is 2. The van der Waals surface area contributed by atoms with Gasteiger partial charge < -0.3 is 10.2 Å². The average molecular weight is 174 g/mol. The maximum Gasteiger partial charge on any atom is 0.163 e. The molecule has 0 unspecified atom stereocenters. The molecule has 2 heterocycles. The smallest absolute Gasteiger partial charge is 0.163 e. The topological polar surface area (TPSA) is 91.6 Å². The van der Waals surface area contributed by atoms with Crippen molar-refractivity contribution >= 4 is 5.82 Å². The van der Waals surface area contributed by atoms with Crippen LogP contribution < -0.4 is 5.73 Å². The molecule has 0 aliphatic rings. The molecule has 0 bridgehead atoms. The Balaban J connectivity index is 2.60. The molecule has 0 aliphatic heterocycles. The van der Waals surface area contributed by atoms with E-state index in [0.29, 0.717) is 17.0 Å². The number of nitrogen functional groups attached to an aromatic ring is 1. The van der Waals surface area contributed by atoms with Gasteiger partial charge in [-0.15, -0.1) is 0 Å². The van der Waals surface area contributed by atoms with E-state index >= 15 is 0 Å². The average Bonchev–Trinajstić information content (AvgIpc) is 2.71. The lowest BCUT2D eigenvalue weighted by Gasteiger charge is -1.89. The summed E-state index contributed by atoms with van der Waals surface area (Å²) in [5.41, 5.74) is 6.28. The summed E-state index contributed by atoms with van der Waals surface area (Å²) in [6.45, 7) is 0. The van der Waals surface area contributed by atoms with Gasteiger partial charge in [-0.1, -0.05) is 0 Å². The van der Waals surface area contributed by atoms with Crippen LogP contribution in [-0.2, 0) is 0 Å². The molecule has 0 fully saturated rings. The second-order valence-electron chi connectivity index (χ2n) is 2.45. The maximum atomic E-state index is 8.76. The highest BCUT2D eigenvalue weighted by Crippen LogP contribution is 2.24. The van der Waals surface area contributed by atoms with E-state index in [-0.39, 0.29) is 5.82 Å². The van der Waals surface area contributed by atoms with Crippen molar-refractivity contribution in [2.75, 3.05) is 5.73 Å². The molecular formula is C8H6N4O. The van der Waals surface area contributed by atoms with Crippen molar-refractivity contribution in [2.24, 2.45) is 0 Å². The summed E-state index contributed by atoms with van der Waals surface area (Å²) in [6.07, 6.45) is 1.52. The molecule has 5 heteroatoms. The summed E-state index contributed by atoms with van der Waals surface area (Å²) >= 11 is 0. The first-order chi connectivity index (χ1) is 6.33. The highest BCUT2D eigenvalue weighted by atomic mass is 16.3. The van der Waals surface area contributed by atoms with E-state index in [1.165, 1.54) is 6.26 Å². The summed E-state index contributed by atoms with van der Waals surface area (Å²) in [6, 6.07) is 5.41. The number of hydrogen-bond acceptors (Lipinski definition) is 4. The molecule has 0 atom stereocenters. The molecule has 0 aromatic carbocycles. The summed E-state index contributed by atoms with van der Waals surface area (Å²) in [4.78, 5) is 0. The first-order valence-corrected chi connectivity index (χ1v) is 3.60. The molecule has 13 heavy (non-hydrogen) atoms. The lowest BCUT2D eigenvalue weighted by Crippen LogP contribution is -1.87. The van der Waals surface area contributed by atoms with E-state index in [1.807, 2.05) is 6.07 Å². The van der Waals surface area contributed by atoms with Gasteiger partial charge in [-0.2, -0.15) is 10.4 Å². The van der Waals surface area contributed by atoms with Crippen LogP contribution in [0.25, 0.3) is 11.5 Å². The number of H-pyrrole nitrogens is 1. The molecule has 5 nitrogen and oxygen atoms in total. The highest BCUT2D eigenvalue weighted by molar-refractivity contribution is 5.68. The normalized spacial score (nSPS) is 9.77. The Morgan fingerprint density at radius 2 is 2.46 bits per heavy atom. The van der Waals surface area contributed by atoms with Gasteiger partial charge in [0.25, 0.3) is 0 Å². The first-order valence-electron chi connectivity index (χ1n) is 3.60. The van der Waals surface area contributed by atoms with Gasteiger partial charge in [0.1, 0.15) is 17.3 Å². The van der Waals surface area contributed by atoms with Crippen molar-refractivity contribution in [1.82, 2.24) is 10.2 Å². The molecule has 0 saturated heterocycles. The number of aromatic amines is 1. The van der Waals surface area contributed by atoms with Crippen molar-refractivity contribution in [3.05, 3.63) is 24.0 Å². The Hall–Kier alpha value is -2.22. The molecule has 0 aliphatic carbocycles. The van der Waals surface area contributed by atoms with E-state index in [1.54, 1.807) is 12.1 Å². The number of nitrogens with one attached hydrogen (secondary N) is 1. The lowest BCUT2D eigenvalue weighted by molar-refractivity contribution is 0.579. The Labute approximate surface area is 73.8 Å². The second kappa shape index (κ2) is 2.68. The Morgan fingerprint density at radius 3 is 3.08 bits per heavy atom. The molecule has 0 spiro atoms. The monoisotopic (exact) mass is 174 g/mol. The van der Waals surface area contributed by atoms with E-state index in [9.17, 15) is 0 Å². The minimum absolute atomic E-state index is 0.189. The van der Waals surface area contributed by atoms with Gasteiger partial charge in [0, 0.05) is 0 Å². The van der Waals surface area contributed by atoms with Crippen LogP contribution in [0.1, 0.15) is 5.56 Å². The number of furan rings is 1. The van der Waals surface area contributed by atoms with Crippen LogP contribution in [0, 0.1) is 11.3 Å². The number of nitrogens with two attached hydrogens (primary N) is 1. The summed E-state index contributed by atoms with van der Waals surface area (Å²) in [7, 11) is 0. The molecule has 0 amide bonds. The van der Waals surface area contributed by atoms with E-state index in [4.69, 9.17) is 15.4 Å². The van der Waals surface area contributed by atoms with Crippen molar-refractivity contribution < 1.29 is 4.42 Å². The van der Waals surface area contributed by atoms with Gasteiger partial charge >= 0.3 is 0 Å². The highest BCUT2D eigenvalue weighted by Gasteiger charge is 2.13. The molecule has 3 N–H and O–H groups in total. The van der Waals surface area contributed by atoms with Gasteiger partial charge in [-0.25, -0.2) is 0 Å². The fourth-order valence-electron chi connectivity index (χ4n) is 1.07. The number of aromatic nitrogens is 2. The van der Waals surface area contributed by atoms with Gasteiger partial charge in [0.05, 0.1) is 6.26 Å². The predicted molar refractivity (Wildman–Crippen MR) is 45.4 cm³/mol. The minimum atomic E-state index is 0.189. The Kier molecular flexibility index (Phi) is 1.53. The quantitative estimate of drug-likeness (QED) is 0.677.